The molecular formula is C36H22O. The molecular weight excluding hydrogens is 448 g/mol. The summed E-state index contributed by atoms with van der Waals surface area (Å²) < 4.78 is 6.13. The molecule has 1 nitrogen and oxygen atoms in total. The Morgan fingerprint density at radius 3 is 1.51 bits per heavy atom. The second kappa shape index (κ2) is 7.81. The molecule has 0 bridgehead atoms. The number of fused-ring (bicyclic) bond motifs is 11. The lowest BCUT2D eigenvalue weighted by atomic mass is 9.78. The van der Waals surface area contributed by atoms with Crippen LogP contribution in [0.2, 0.25) is 0 Å². The maximum absolute atomic E-state index is 6.13. The lowest BCUT2D eigenvalue weighted by molar-refractivity contribution is 0.669. The maximum atomic E-state index is 6.13. The highest BCUT2D eigenvalue weighted by atomic mass is 16.3. The Hall–Kier alpha value is -4.88. The number of hydrogen-bond acceptors (Lipinski definition) is 1. The Bertz CT molecular complexity index is 1980. The van der Waals surface area contributed by atoms with Gasteiger partial charge in [0.1, 0.15) is 11.2 Å². The number of hydrogen-bond donors (Lipinski definition) is 0. The lowest BCUT2D eigenvalue weighted by Crippen LogP contribution is -1.98. The minimum atomic E-state index is 0.920. The zero-order valence-corrected chi connectivity index (χ0v) is 20.1. The second-order valence-electron chi connectivity index (χ2n) is 9.67. The molecule has 172 valence electrons. The summed E-state index contributed by atoms with van der Waals surface area (Å²) in [6, 6.07) is 48.0. The average molecular weight is 471 g/mol. The standard InChI is InChI=1S/C36H22O/c1-2-11-26-25(10-1)27-12-3-4-13-29(27)32-18-9-17-24(36(32)31-16-6-5-14-28(26)31)23-20-21-35-33(22-23)30-15-7-8-19-34(30)37-35/h1-22H. The van der Waals surface area contributed by atoms with E-state index in [1.807, 2.05) is 12.1 Å². The van der Waals surface area contributed by atoms with Gasteiger partial charge in [0.15, 0.2) is 0 Å². The normalized spacial score (nSPS) is 11.8. The van der Waals surface area contributed by atoms with Gasteiger partial charge in [-0.05, 0) is 73.8 Å². The van der Waals surface area contributed by atoms with Crippen LogP contribution in [0.3, 0.4) is 0 Å². The van der Waals surface area contributed by atoms with Crippen molar-refractivity contribution in [2.24, 2.45) is 0 Å². The molecule has 1 heterocycles. The highest BCUT2D eigenvalue weighted by molar-refractivity contribution is 6.09. The molecule has 0 amide bonds. The molecule has 0 radical (unpaired) electrons. The van der Waals surface area contributed by atoms with Crippen LogP contribution in [0.4, 0.5) is 0 Å². The molecule has 1 aliphatic carbocycles. The van der Waals surface area contributed by atoms with E-state index in [-0.39, 0.29) is 0 Å². The summed E-state index contributed by atoms with van der Waals surface area (Å²) in [4.78, 5) is 0. The molecule has 0 N–H and O–H groups in total. The van der Waals surface area contributed by atoms with Crippen LogP contribution in [0.15, 0.2) is 138 Å². The molecule has 37 heavy (non-hydrogen) atoms. The fraction of sp³-hybridized carbons (Fsp3) is 0. The Morgan fingerprint density at radius 1 is 0.324 bits per heavy atom. The zero-order valence-electron chi connectivity index (χ0n) is 20.1. The van der Waals surface area contributed by atoms with Crippen LogP contribution in [0.5, 0.6) is 0 Å². The van der Waals surface area contributed by atoms with E-state index in [0.717, 1.165) is 21.9 Å². The molecule has 6 aromatic carbocycles. The van der Waals surface area contributed by atoms with Gasteiger partial charge in [-0.2, -0.15) is 0 Å². The SMILES string of the molecule is c1ccc2c(c1)-c1ccccc1-c1cccc(-c3ccc4oc5ccccc5c4c3)c1-c1ccccc1-2. The van der Waals surface area contributed by atoms with E-state index in [1.54, 1.807) is 0 Å². The third-order valence-electron chi connectivity index (χ3n) is 7.67. The quantitative estimate of drug-likeness (QED) is 0.233. The summed E-state index contributed by atoms with van der Waals surface area (Å²) in [5.74, 6) is 0. The van der Waals surface area contributed by atoms with Gasteiger partial charge in [-0.3, -0.25) is 0 Å². The Labute approximate surface area is 215 Å². The summed E-state index contributed by atoms with van der Waals surface area (Å²) in [5, 5.41) is 2.30. The minimum Gasteiger partial charge on any atom is -0.456 e. The summed E-state index contributed by atoms with van der Waals surface area (Å²) in [6.45, 7) is 0. The molecule has 0 spiro atoms. The zero-order chi connectivity index (χ0) is 24.3. The van der Waals surface area contributed by atoms with Crippen LogP contribution in [0.25, 0.3) is 77.6 Å². The fourth-order valence-corrected chi connectivity index (χ4v) is 6.04. The molecule has 0 fully saturated rings. The van der Waals surface area contributed by atoms with Gasteiger partial charge >= 0.3 is 0 Å². The molecule has 1 aromatic heterocycles. The molecule has 1 heteroatoms. The maximum Gasteiger partial charge on any atom is 0.135 e. The van der Waals surface area contributed by atoms with E-state index in [9.17, 15) is 0 Å². The van der Waals surface area contributed by atoms with Crippen molar-refractivity contribution in [2.75, 3.05) is 0 Å². The first kappa shape index (κ1) is 20.3. The number of para-hydroxylation sites is 1. The molecule has 0 saturated heterocycles. The van der Waals surface area contributed by atoms with Gasteiger partial charge < -0.3 is 4.42 Å². The van der Waals surface area contributed by atoms with Crippen molar-refractivity contribution in [3.8, 4) is 55.6 Å². The van der Waals surface area contributed by atoms with E-state index < -0.39 is 0 Å². The van der Waals surface area contributed by atoms with Gasteiger partial charge in [0, 0.05) is 10.8 Å². The molecule has 1 aliphatic rings. The fourth-order valence-electron chi connectivity index (χ4n) is 6.04. The van der Waals surface area contributed by atoms with Gasteiger partial charge in [-0.1, -0.05) is 115 Å². The van der Waals surface area contributed by atoms with Crippen molar-refractivity contribution < 1.29 is 4.42 Å². The highest BCUT2D eigenvalue weighted by Crippen LogP contribution is 2.50. The minimum absolute atomic E-state index is 0.920. The predicted molar refractivity (Wildman–Crippen MR) is 154 cm³/mol. The summed E-state index contributed by atoms with van der Waals surface area (Å²) in [7, 11) is 0. The predicted octanol–water partition coefficient (Wildman–Crippen LogP) is 10.2. The third-order valence-corrected chi connectivity index (χ3v) is 7.67. The highest BCUT2D eigenvalue weighted by Gasteiger charge is 2.24. The summed E-state index contributed by atoms with van der Waals surface area (Å²) in [6.07, 6.45) is 0. The first-order chi connectivity index (χ1) is 18.4. The summed E-state index contributed by atoms with van der Waals surface area (Å²) in [5.41, 5.74) is 14.4. The van der Waals surface area contributed by atoms with Gasteiger partial charge in [0.2, 0.25) is 0 Å². The number of furan rings is 1. The Balaban J connectivity index is 1.49. The van der Waals surface area contributed by atoms with Crippen molar-refractivity contribution >= 4 is 21.9 Å². The average Bonchev–Trinajstić information content (AvgIpc) is 3.34. The van der Waals surface area contributed by atoms with Gasteiger partial charge in [0.25, 0.3) is 0 Å². The van der Waals surface area contributed by atoms with E-state index in [4.69, 9.17) is 4.42 Å². The van der Waals surface area contributed by atoms with Crippen LogP contribution in [0, 0.1) is 0 Å². The van der Waals surface area contributed by atoms with Crippen molar-refractivity contribution in [3.63, 3.8) is 0 Å². The largest absolute Gasteiger partial charge is 0.456 e. The number of rotatable bonds is 1. The van der Waals surface area contributed by atoms with Crippen LogP contribution >= 0.6 is 0 Å². The molecule has 0 aliphatic heterocycles. The van der Waals surface area contributed by atoms with Crippen molar-refractivity contribution in [2.45, 2.75) is 0 Å². The molecule has 8 rings (SSSR count). The van der Waals surface area contributed by atoms with E-state index in [0.29, 0.717) is 0 Å². The van der Waals surface area contributed by atoms with E-state index >= 15 is 0 Å². The first-order valence-electron chi connectivity index (χ1n) is 12.7. The van der Waals surface area contributed by atoms with E-state index in [2.05, 4.69) is 121 Å². The Morgan fingerprint density at radius 2 is 0.811 bits per heavy atom. The van der Waals surface area contributed by atoms with Gasteiger partial charge in [-0.25, -0.2) is 0 Å². The Kier molecular flexibility index (Phi) is 4.29. The van der Waals surface area contributed by atoms with Crippen LogP contribution in [0.1, 0.15) is 0 Å². The molecule has 0 saturated carbocycles. The lowest BCUT2D eigenvalue weighted by Gasteiger charge is -2.25. The van der Waals surface area contributed by atoms with Crippen molar-refractivity contribution in [1.29, 1.82) is 0 Å². The third kappa shape index (κ3) is 2.98. The van der Waals surface area contributed by atoms with Crippen LogP contribution in [-0.4, -0.2) is 0 Å². The van der Waals surface area contributed by atoms with E-state index in [1.165, 1.54) is 55.6 Å². The van der Waals surface area contributed by atoms with Gasteiger partial charge in [-0.15, -0.1) is 0 Å². The monoisotopic (exact) mass is 470 g/mol. The molecule has 7 aromatic rings. The smallest absolute Gasteiger partial charge is 0.135 e. The van der Waals surface area contributed by atoms with Crippen molar-refractivity contribution in [1.82, 2.24) is 0 Å². The molecule has 0 unspecified atom stereocenters. The second-order valence-corrected chi connectivity index (χ2v) is 9.67. The van der Waals surface area contributed by atoms with Crippen LogP contribution in [-0.2, 0) is 0 Å². The van der Waals surface area contributed by atoms with Gasteiger partial charge in [0.05, 0.1) is 0 Å². The van der Waals surface area contributed by atoms with Crippen LogP contribution < -0.4 is 0 Å². The summed E-state index contributed by atoms with van der Waals surface area (Å²) >= 11 is 0. The first-order valence-corrected chi connectivity index (χ1v) is 12.7. The molecule has 0 atom stereocenters. The topological polar surface area (TPSA) is 13.1 Å². The number of benzene rings is 6. The van der Waals surface area contributed by atoms with Crippen molar-refractivity contribution in [3.05, 3.63) is 133 Å².